The van der Waals surface area contributed by atoms with Crippen LogP contribution in [0, 0.1) is 11.3 Å². The second-order valence-corrected chi connectivity index (χ2v) is 5.88. The lowest BCUT2D eigenvalue weighted by atomic mass is 9.74. The van der Waals surface area contributed by atoms with Crippen molar-refractivity contribution in [3.8, 4) is 0 Å². The number of nitrogens with one attached hydrogen (secondary N) is 2. The summed E-state index contributed by atoms with van der Waals surface area (Å²) in [6, 6.07) is 0.332. The van der Waals surface area contributed by atoms with Crippen LogP contribution in [0.5, 0.6) is 0 Å². The molecule has 0 spiro atoms. The molecule has 2 aliphatic rings. The maximum absolute atomic E-state index is 12.4. The number of hydrogen-bond donors (Lipinski definition) is 2. The minimum atomic E-state index is -0.254. The molecule has 3 nitrogen and oxygen atoms in total. The first-order chi connectivity index (χ1) is 8.10. The molecule has 1 amide bonds. The van der Waals surface area contributed by atoms with Crippen LogP contribution in [-0.4, -0.2) is 25.0 Å². The van der Waals surface area contributed by atoms with Crippen molar-refractivity contribution < 1.29 is 4.79 Å². The van der Waals surface area contributed by atoms with E-state index in [0.717, 1.165) is 32.4 Å². The highest BCUT2D eigenvalue weighted by molar-refractivity contribution is 5.82. The van der Waals surface area contributed by atoms with Crippen molar-refractivity contribution in [1.29, 1.82) is 0 Å². The van der Waals surface area contributed by atoms with E-state index < -0.39 is 0 Å². The normalized spacial score (nSPS) is 26.1. The second kappa shape index (κ2) is 5.21. The maximum Gasteiger partial charge on any atom is 0.226 e. The van der Waals surface area contributed by atoms with Crippen LogP contribution in [0.15, 0.2) is 12.2 Å². The van der Waals surface area contributed by atoms with Crippen LogP contribution >= 0.6 is 0 Å². The van der Waals surface area contributed by atoms with E-state index in [4.69, 9.17) is 0 Å². The molecule has 1 unspecified atom stereocenters. The molecule has 0 radical (unpaired) electrons. The topological polar surface area (TPSA) is 41.1 Å². The quantitative estimate of drug-likeness (QED) is 0.734. The summed E-state index contributed by atoms with van der Waals surface area (Å²) in [5.41, 5.74) is -0.254. The lowest BCUT2D eigenvalue weighted by molar-refractivity contribution is -0.133. The molecule has 1 fully saturated rings. The fourth-order valence-corrected chi connectivity index (χ4v) is 2.76. The van der Waals surface area contributed by atoms with E-state index in [2.05, 4.69) is 36.6 Å². The Kier molecular flexibility index (Phi) is 3.87. The molecule has 2 N–H and O–H groups in total. The zero-order valence-electron chi connectivity index (χ0n) is 11.0. The SMILES string of the molecule is CC(C)(C(=O)NC1CC=CC1)C1CCCNC1. The van der Waals surface area contributed by atoms with Crippen LogP contribution in [0.2, 0.25) is 0 Å². The van der Waals surface area contributed by atoms with Gasteiger partial charge in [-0.15, -0.1) is 0 Å². The van der Waals surface area contributed by atoms with E-state index in [1.807, 2.05) is 0 Å². The van der Waals surface area contributed by atoms with Crippen molar-refractivity contribution >= 4 is 5.91 Å². The number of carbonyl (C=O) groups is 1. The van der Waals surface area contributed by atoms with Crippen LogP contribution < -0.4 is 10.6 Å². The van der Waals surface area contributed by atoms with E-state index in [-0.39, 0.29) is 11.3 Å². The van der Waals surface area contributed by atoms with Crippen LogP contribution in [0.1, 0.15) is 39.5 Å². The second-order valence-electron chi connectivity index (χ2n) is 5.88. The van der Waals surface area contributed by atoms with Gasteiger partial charge < -0.3 is 10.6 Å². The highest BCUT2D eigenvalue weighted by Crippen LogP contribution is 2.32. The van der Waals surface area contributed by atoms with Gasteiger partial charge in [0.25, 0.3) is 0 Å². The van der Waals surface area contributed by atoms with Gasteiger partial charge in [0.1, 0.15) is 0 Å². The van der Waals surface area contributed by atoms with E-state index in [1.54, 1.807) is 0 Å². The van der Waals surface area contributed by atoms with E-state index in [9.17, 15) is 4.79 Å². The van der Waals surface area contributed by atoms with Crippen molar-refractivity contribution in [2.75, 3.05) is 13.1 Å². The van der Waals surface area contributed by atoms with Crippen molar-refractivity contribution in [1.82, 2.24) is 10.6 Å². The molecule has 17 heavy (non-hydrogen) atoms. The van der Waals surface area contributed by atoms with Gasteiger partial charge in [-0.3, -0.25) is 4.79 Å². The highest BCUT2D eigenvalue weighted by Gasteiger charge is 2.37. The molecule has 1 aliphatic heterocycles. The summed E-state index contributed by atoms with van der Waals surface area (Å²) in [5, 5.41) is 6.58. The van der Waals surface area contributed by atoms with Crippen molar-refractivity contribution in [2.24, 2.45) is 11.3 Å². The first kappa shape index (κ1) is 12.6. The van der Waals surface area contributed by atoms with Gasteiger partial charge in [-0.2, -0.15) is 0 Å². The molecule has 1 saturated heterocycles. The third-order valence-corrected chi connectivity index (χ3v) is 4.25. The molecule has 1 aliphatic carbocycles. The van der Waals surface area contributed by atoms with Crippen LogP contribution in [0.25, 0.3) is 0 Å². The largest absolute Gasteiger partial charge is 0.352 e. The van der Waals surface area contributed by atoms with Gasteiger partial charge in [-0.1, -0.05) is 26.0 Å². The number of rotatable bonds is 3. The van der Waals surface area contributed by atoms with Gasteiger partial charge in [0.05, 0.1) is 0 Å². The van der Waals surface area contributed by atoms with E-state index in [1.165, 1.54) is 6.42 Å². The molecule has 0 aromatic heterocycles. The Balaban J connectivity index is 1.90. The standard InChI is InChI=1S/C14H24N2O/c1-14(2,11-6-5-9-15-10-11)13(17)16-12-7-3-4-8-12/h3-4,11-12,15H,5-10H2,1-2H3,(H,16,17). The van der Waals surface area contributed by atoms with Gasteiger partial charge in [0.15, 0.2) is 0 Å². The Morgan fingerprint density at radius 1 is 1.35 bits per heavy atom. The van der Waals surface area contributed by atoms with Gasteiger partial charge in [-0.25, -0.2) is 0 Å². The molecule has 0 bridgehead atoms. The molecule has 3 heteroatoms. The van der Waals surface area contributed by atoms with Crippen molar-refractivity contribution in [2.45, 2.75) is 45.6 Å². The molecule has 96 valence electrons. The van der Waals surface area contributed by atoms with E-state index in [0.29, 0.717) is 12.0 Å². The minimum absolute atomic E-state index is 0.222. The Hall–Kier alpha value is -0.830. The Morgan fingerprint density at radius 3 is 2.65 bits per heavy atom. The predicted octanol–water partition coefficient (Wildman–Crippen LogP) is 1.85. The number of hydrogen-bond acceptors (Lipinski definition) is 2. The summed E-state index contributed by atoms with van der Waals surface area (Å²) in [7, 11) is 0. The summed E-state index contributed by atoms with van der Waals surface area (Å²) in [4.78, 5) is 12.4. The zero-order valence-corrected chi connectivity index (χ0v) is 11.0. The summed E-state index contributed by atoms with van der Waals surface area (Å²) < 4.78 is 0. The molecular formula is C14H24N2O. The van der Waals surface area contributed by atoms with Crippen LogP contribution in [0.4, 0.5) is 0 Å². The average Bonchev–Trinajstić information content (AvgIpc) is 2.83. The summed E-state index contributed by atoms with van der Waals surface area (Å²) >= 11 is 0. The Bertz CT molecular complexity index is 295. The first-order valence-electron chi connectivity index (χ1n) is 6.77. The van der Waals surface area contributed by atoms with E-state index >= 15 is 0 Å². The molecule has 1 atom stereocenters. The third kappa shape index (κ3) is 2.89. The van der Waals surface area contributed by atoms with Crippen LogP contribution in [-0.2, 0) is 4.79 Å². The lowest BCUT2D eigenvalue weighted by Gasteiger charge is -2.36. The predicted molar refractivity (Wildman–Crippen MR) is 69.7 cm³/mol. The summed E-state index contributed by atoms with van der Waals surface area (Å²) in [6.45, 7) is 6.24. The number of carbonyl (C=O) groups excluding carboxylic acids is 1. The van der Waals surface area contributed by atoms with Gasteiger partial charge in [0, 0.05) is 11.5 Å². The first-order valence-corrected chi connectivity index (χ1v) is 6.77. The van der Waals surface area contributed by atoms with Crippen LogP contribution in [0.3, 0.4) is 0 Å². The maximum atomic E-state index is 12.4. The Morgan fingerprint density at radius 2 is 2.06 bits per heavy atom. The molecule has 2 rings (SSSR count). The monoisotopic (exact) mass is 236 g/mol. The van der Waals surface area contributed by atoms with Gasteiger partial charge in [-0.05, 0) is 44.7 Å². The summed E-state index contributed by atoms with van der Waals surface area (Å²) in [6.07, 6.45) is 8.64. The number of piperidine rings is 1. The zero-order chi connectivity index (χ0) is 12.3. The molecular weight excluding hydrogens is 212 g/mol. The summed E-state index contributed by atoms with van der Waals surface area (Å²) in [5.74, 6) is 0.686. The molecule has 0 saturated carbocycles. The lowest BCUT2D eigenvalue weighted by Crippen LogP contribution is -2.49. The Labute approximate surface area is 104 Å². The fourth-order valence-electron chi connectivity index (χ4n) is 2.76. The molecule has 1 heterocycles. The smallest absolute Gasteiger partial charge is 0.226 e. The molecule has 0 aromatic carbocycles. The van der Waals surface area contributed by atoms with Gasteiger partial charge in [0.2, 0.25) is 5.91 Å². The number of amides is 1. The van der Waals surface area contributed by atoms with Crippen molar-refractivity contribution in [3.05, 3.63) is 12.2 Å². The third-order valence-electron chi connectivity index (χ3n) is 4.25. The van der Waals surface area contributed by atoms with Gasteiger partial charge >= 0.3 is 0 Å². The van der Waals surface area contributed by atoms with Crippen molar-refractivity contribution in [3.63, 3.8) is 0 Å². The highest BCUT2D eigenvalue weighted by atomic mass is 16.2. The minimum Gasteiger partial charge on any atom is -0.352 e. The average molecular weight is 236 g/mol. The fraction of sp³-hybridized carbons (Fsp3) is 0.786. The molecule has 0 aromatic rings.